The van der Waals surface area contributed by atoms with E-state index in [0.717, 1.165) is 6.42 Å². The molecule has 2 N–H and O–H groups in total. The summed E-state index contributed by atoms with van der Waals surface area (Å²) in [5.41, 5.74) is 0.523. The van der Waals surface area contributed by atoms with Gasteiger partial charge in [0, 0.05) is 25.6 Å². The first kappa shape index (κ1) is 15.0. The second kappa shape index (κ2) is 6.39. The van der Waals surface area contributed by atoms with E-state index in [-0.39, 0.29) is 17.5 Å². The predicted molar refractivity (Wildman–Crippen MR) is 80.7 cm³/mol. The highest BCUT2D eigenvalue weighted by Crippen LogP contribution is 2.17. The van der Waals surface area contributed by atoms with Crippen LogP contribution in [-0.2, 0) is 11.3 Å². The third kappa shape index (κ3) is 3.59. The van der Waals surface area contributed by atoms with Gasteiger partial charge >= 0.3 is 0 Å². The lowest BCUT2D eigenvalue weighted by Crippen LogP contribution is -2.33. The van der Waals surface area contributed by atoms with Gasteiger partial charge < -0.3 is 10.6 Å². The number of carbonyl (C=O) groups excluding carboxylic acids is 1. The first-order valence-corrected chi connectivity index (χ1v) is 7.55. The fourth-order valence-electron chi connectivity index (χ4n) is 2.13. The Morgan fingerprint density at radius 1 is 1.55 bits per heavy atom. The molecule has 1 fully saturated rings. The van der Waals surface area contributed by atoms with Gasteiger partial charge in [-0.3, -0.25) is 9.59 Å². The molecule has 1 amide bonds. The lowest BCUT2D eigenvalue weighted by Gasteiger charge is -2.14. The van der Waals surface area contributed by atoms with E-state index in [1.807, 2.05) is 13.8 Å². The summed E-state index contributed by atoms with van der Waals surface area (Å²) in [5, 5.41) is 10.2. The molecule has 0 aliphatic carbocycles. The molecule has 0 bridgehead atoms. The highest BCUT2D eigenvalue weighted by Gasteiger charge is 2.20. The van der Waals surface area contributed by atoms with Crippen LogP contribution in [0.2, 0.25) is 0 Å². The monoisotopic (exact) mass is 342 g/mol. The van der Waals surface area contributed by atoms with Gasteiger partial charge in [0.25, 0.3) is 5.56 Å². The molecule has 6 nitrogen and oxygen atoms in total. The number of nitrogens with one attached hydrogen (secondary N) is 2. The van der Waals surface area contributed by atoms with Crippen molar-refractivity contribution in [3.63, 3.8) is 0 Å². The summed E-state index contributed by atoms with van der Waals surface area (Å²) < 4.78 is 1.94. The van der Waals surface area contributed by atoms with Crippen LogP contribution in [0, 0.1) is 5.92 Å². The van der Waals surface area contributed by atoms with Crippen molar-refractivity contribution >= 4 is 27.5 Å². The molecule has 2 rings (SSSR count). The van der Waals surface area contributed by atoms with Crippen LogP contribution in [0.15, 0.2) is 15.5 Å². The minimum atomic E-state index is -0.140. The molecular weight excluding hydrogens is 324 g/mol. The molecule has 1 atom stereocenters. The molecule has 1 unspecified atom stereocenters. The largest absolute Gasteiger partial charge is 0.381 e. The van der Waals surface area contributed by atoms with Gasteiger partial charge in [-0.1, -0.05) is 13.8 Å². The molecule has 110 valence electrons. The zero-order valence-electron chi connectivity index (χ0n) is 11.6. The van der Waals surface area contributed by atoms with Gasteiger partial charge in [-0.05, 0) is 28.3 Å². The van der Waals surface area contributed by atoms with Gasteiger partial charge in [0.2, 0.25) is 5.91 Å². The Hall–Kier alpha value is -1.37. The molecule has 0 saturated carbocycles. The number of carbonyl (C=O) groups is 1. The maximum Gasteiger partial charge on any atom is 0.283 e. The van der Waals surface area contributed by atoms with Crippen molar-refractivity contribution < 1.29 is 4.79 Å². The Morgan fingerprint density at radius 3 is 2.90 bits per heavy atom. The van der Waals surface area contributed by atoms with Gasteiger partial charge in [-0.2, -0.15) is 5.10 Å². The Kier molecular flexibility index (Phi) is 4.80. The molecule has 0 aromatic carbocycles. The summed E-state index contributed by atoms with van der Waals surface area (Å²) in [6.45, 7) is 5.27. The molecule has 0 spiro atoms. The van der Waals surface area contributed by atoms with Crippen LogP contribution in [-0.4, -0.2) is 28.3 Å². The molecule has 1 aliphatic heterocycles. The Bertz CT molecular complexity index is 556. The number of aromatic nitrogens is 2. The molecule has 0 radical (unpaired) electrons. The van der Waals surface area contributed by atoms with Gasteiger partial charge in [-0.25, -0.2) is 4.68 Å². The van der Waals surface area contributed by atoms with E-state index >= 15 is 0 Å². The molecule has 2 heterocycles. The number of amides is 1. The van der Waals surface area contributed by atoms with E-state index in [1.54, 1.807) is 6.20 Å². The topological polar surface area (TPSA) is 76.0 Å². The number of rotatable bonds is 5. The average Bonchev–Trinajstić information content (AvgIpc) is 2.79. The fraction of sp³-hybridized carbons (Fsp3) is 0.615. The van der Waals surface area contributed by atoms with E-state index in [4.69, 9.17) is 0 Å². The third-order valence-corrected chi connectivity index (χ3v) is 3.91. The summed E-state index contributed by atoms with van der Waals surface area (Å²) in [5.74, 6) is 0.445. The standard InChI is InChI=1S/C13H19BrN4O2/c1-8(2)7-18-13(20)12(14)10(6-16-18)15-5-9-3-4-11(19)17-9/h6,8-9,15H,3-5,7H2,1-2H3,(H,17,19). The normalized spacial score (nSPS) is 18.4. The van der Waals surface area contributed by atoms with Gasteiger partial charge in [0.1, 0.15) is 4.47 Å². The highest BCUT2D eigenvalue weighted by atomic mass is 79.9. The van der Waals surface area contributed by atoms with Crippen LogP contribution >= 0.6 is 15.9 Å². The lowest BCUT2D eigenvalue weighted by atomic mass is 10.2. The molecule has 1 aliphatic rings. The minimum absolute atomic E-state index is 0.0846. The summed E-state index contributed by atoms with van der Waals surface area (Å²) in [4.78, 5) is 23.2. The fourth-order valence-corrected chi connectivity index (χ4v) is 2.58. The van der Waals surface area contributed by atoms with Crippen molar-refractivity contribution in [3.8, 4) is 0 Å². The maximum absolute atomic E-state index is 12.1. The molecule has 20 heavy (non-hydrogen) atoms. The van der Waals surface area contributed by atoms with Crippen molar-refractivity contribution in [2.45, 2.75) is 39.3 Å². The summed E-state index contributed by atoms with van der Waals surface area (Å²) in [7, 11) is 0. The van der Waals surface area contributed by atoms with Crippen LogP contribution in [0.4, 0.5) is 5.69 Å². The summed E-state index contributed by atoms with van der Waals surface area (Å²) in [6.07, 6.45) is 3.04. The van der Waals surface area contributed by atoms with E-state index in [9.17, 15) is 9.59 Å². The highest BCUT2D eigenvalue weighted by molar-refractivity contribution is 9.10. The van der Waals surface area contributed by atoms with Crippen LogP contribution in [0.1, 0.15) is 26.7 Å². The Morgan fingerprint density at radius 2 is 2.30 bits per heavy atom. The van der Waals surface area contributed by atoms with Crippen LogP contribution in [0.25, 0.3) is 0 Å². The van der Waals surface area contributed by atoms with Gasteiger partial charge in [-0.15, -0.1) is 0 Å². The second-order valence-electron chi connectivity index (χ2n) is 5.44. The average molecular weight is 343 g/mol. The number of hydrogen-bond donors (Lipinski definition) is 2. The SMILES string of the molecule is CC(C)Cn1ncc(NCC2CCC(=O)N2)c(Br)c1=O. The molecule has 1 saturated heterocycles. The van der Waals surface area contributed by atoms with Crippen molar-refractivity contribution in [3.05, 3.63) is 21.0 Å². The van der Waals surface area contributed by atoms with Crippen molar-refractivity contribution in [1.29, 1.82) is 0 Å². The molecule has 1 aromatic rings. The zero-order chi connectivity index (χ0) is 14.7. The van der Waals surface area contributed by atoms with Crippen LogP contribution < -0.4 is 16.2 Å². The number of nitrogens with zero attached hydrogens (tertiary/aromatic N) is 2. The van der Waals surface area contributed by atoms with E-state index in [2.05, 4.69) is 31.7 Å². The summed E-state index contributed by atoms with van der Waals surface area (Å²) in [6, 6.07) is 0.118. The minimum Gasteiger partial charge on any atom is -0.381 e. The Balaban J connectivity index is 2.04. The lowest BCUT2D eigenvalue weighted by molar-refractivity contribution is -0.119. The first-order chi connectivity index (χ1) is 9.47. The molecule has 1 aromatic heterocycles. The maximum atomic E-state index is 12.1. The predicted octanol–water partition coefficient (Wildman–Crippen LogP) is 1.35. The van der Waals surface area contributed by atoms with Gasteiger partial charge in [0.15, 0.2) is 0 Å². The zero-order valence-corrected chi connectivity index (χ0v) is 13.2. The molecule has 7 heteroatoms. The molecular formula is C13H19BrN4O2. The van der Waals surface area contributed by atoms with Crippen molar-refractivity contribution in [2.24, 2.45) is 5.92 Å². The quantitative estimate of drug-likeness (QED) is 0.846. The Labute approximate surface area is 126 Å². The van der Waals surface area contributed by atoms with E-state index in [1.165, 1.54) is 4.68 Å². The van der Waals surface area contributed by atoms with Crippen molar-refractivity contribution in [1.82, 2.24) is 15.1 Å². The van der Waals surface area contributed by atoms with Crippen LogP contribution in [0.5, 0.6) is 0 Å². The van der Waals surface area contributed by atoms with E-state index in [0.29, 0.717) is 35.6 Å². The second-order valence-corrected chi connectivity index (χ2v) is 6.23. The summed E-state index contributed by atoms with van der Waals surface area (Å²) >= 11 is 3.32. The number of halogens is 1. The third-order valence-electron chi connectivity index (χ3n) is 3.15. The van der Waals surface area contributed by atoms with Gasteiger partial charge in [0.05, 0.1) is 11.9 Å². The van der Waals surface area contributed by atoms with E-state index < -0.39 is 0 Å². The van der Waals surface area contributed by atoms with Crippen LogP contribution in [0.3, 0.4) is 0 Å². The first-order valence-electron chi connectivity index (χ1n) is 6.76. The number of anilines is 1. The smallest absolute Gasteiger partial charge is 0.283 e. The number of hydrogen-bond acceptors (Lipinski definition) is 4. The van der Waals surface area contributed by atoms with Crippen molar-refractivity contribution in [2.75, 3.05) is 11.9 Å².